The molecule has 1 heterocycles. The number of rotatable bonds is 5. The van der Waals surface area contributed by atoms with Crippen LogP contribution >= 0.6 is 0 Å². The van der Waals surface area contributed by atoms with Gasteiger partial charge in [0.15, 0.2) is 0 Å². The van der Waals surface area contributed by atoms with Crippen molar-refractivity contribution in [2.75, 3.05) is 13.2 Å². The van der Waals surface area contributed by atoms with Gasteiger partial charge in [0.1, 0.15) is 6.54 Å². The van der Waals surface area contributed by atoms with E-state index in [0.717, 1.165) is 0 Å². The summed E-state index contributed by atoms with van der Waals surface area (Å²) in [6.45, 7) is -0.0234. The molecule has 1 rings (SSSR count). The van der Waals surface area contributed by atoms with Crippen LogP contribution in [0.2, 0.25) is 0 Å². The zero-order valence-corrected chi connectivity index (χ0v) is 7.88. The first kappa shape index (κ1) is 11.2. The molecule has 0 aliphatic carbocycles. The topological polar surface area (TPSA) is 104 Å². The van der Waals surface area contributed by atoms with Gasteiger partial charge in [0.2, 0.25) is 5.91 Å². The van der Waals surface area contributed by atoms with Gasteiger partial charge in [-0.2, -0.15) is 5.10 Å². The second-order valence-corrected chi connectivity index (χ2v) is 2.81. The number of carboxylic acids is 1. The number of hydrogen-bond donors (Lipinski definition) is 3. The van der Waals surface area contributed by atoms with Crippen molar-refractivity contribution in [1.82, 2.24) is 15.1 Å². The molecule has 0 unspecified atom stereocenters. The molecule has 7 nitrogen and oxygen atoms in total. The first-order valence-corrected chi connectivity index (χ1v) is 4.27. The number of aliphatic hydroxyl groups excluding tert-OH is 1. The molecule has 1 amide bonds. The predicted octanol–water partition coefficient (Wildman–Crippen LogP) is -1.31. The Bertz CT molecular complexity index is 361. The number of carbonyl (C=O) groups excluding carboxylic acids is 1. The summed E-state index contributed by atoms with van der Waals surface area (Å²) in [7, 11) is 0. The molecule has 0 saturated carbocycles. The molecule has 7 heteroatoms. The van der Waals surface area contributed by atoms with Crippen LogP contribution in [-0.4, -0.2) is 45.0 Å². The van der Waals surface area contributed by atoms with Crippen molar-refractivity contribution in [2.24, 2.45) is 0 Å². The van der Waals surface area contributed by atoms with Gasteiger partial charge in [-0.1, -0.05) is 0 Å². The third kappa shape index (κ3) is 3.39. The molecule has 0 bridgehead atoms. The van der Waals surface area contributed by atoms with Gasteiger partial charge >= 0.3 is 5.97 Å². The van der Waals surface area contributed by atoms with Crippen molar-refractivity contribution in [2.45, 2.75) is 6.54 Å². The van der Waals surface area contributed by atoms with Crippen LogP contribution in [0.25, 0.3) is 0 Å². The Morgan fingerprint density at radius 1 is 1.53 bits per heavy atom. The number of aliphatic hydroxyl groups is 1. The summed E-state index contributed by atoms with van der Waals surface area (Å²) in [6, 6.07) is 0. The number of nitrogens with zero attached hydrogens (tertiary/aromatic N) is 2. The van der Waals surface area contributed by atoms with E-state index in [1.54, 1.807) is 0 Å². The summed E-state index contributed by atoms with van der Waals surface area (Å²) in [5, 5.41) is 23.2. The van der Waals surface area contributed by atoms with Gasteiger partial charge in [-0.05, 0) is 0 Å². The molecule has 0 aliphatic heterocycles. The van der Waals surface area contributed by atoms with E-state index in [1.807, 2.05) is 0 Å². The van der Waals surface area contributed by atoms with E-state index in [-0.39, 0.29) is 31.2 Å². The fourth-order valence-corrected chi connectivity index (χ4v) is 0.959. The average Bonchev–Trinajstić information content (AvgIpc) is 2.63. The summed E-state index contributed by atoms with van der Waals surface area (Å²) in [4.78, 5) is 21.6. The minimum Gasteiger partial charge on any atom is -0.478 e. The van der Waals surface area contributed by atoms with E-state index in [9.17, 15) is 9.59 Å². The summed E-state index contributed by atoms with van der Waals surface area (Å²) < 4.78 is 1.22. The SMILES string of the molecule is O=C(Cn1cc(C(=O)O)cn1)NCCO. The molecule has 0 aliphatic rings. The van der Waals surface area contributed by atoms with Crippen molar-refractivity contribution < 1.29 is 19.8 Å². The standard InChI is InChI=1S/C8H11N3O4/c12-2-1-9-7(13)5-11-4-6(3-10-11)8(14)15/h3-4,12H,1-2,5H2,(H,9,13)(H,14,15). The van der Waals surface area contributed by atoms with Crippen molar-refractivity contribution in [1.29, 1.82) is 0 Å². The van der Waals surface area contributed by atoms with E-state index in [4.69, 9.17) is 10.2 Å². The molecule has 0 atom stereocenters. The molecule has 1 aromatic heterocycles. The summed E-state index contributed by atoms with van der Waals surface area (Å²) in [5.41, 5.74) is 0.0324. The van der Waals surface area contributed by atoms with Gasteiger partial charge in [0.05, 0.1) is 18.4 Å². The Labute approximate surface area is 85.3 Å². The van der Waals surface area contributed by atoms with Crippen LogP contribution in [0.4, 0.5) is 0 Å². The van der Waals surface area contributed by atoms with Gasteiger partial charge in [0.25, 0.3) is 0 Å². The van der Waals surface area contributed by atoms with E-state index in [0.29, 0.717) is 0 Å². The highest BCUT2D eigenvalue weighted by molar-refractivity contribution is 5.87. The zero-order chi connectivity index (χ0) is 11.3. The van der Waals surface area contributed by atoms with Crippen LogP contribution in [0.15, 0.2) is 12.4 Å². The Balaban J connectivity index is 2.50. The Morgan fingerprint density at radius 2 is 2.27 bits per heavy atom. The number of aromatic carboxylic acids is 1. The fourth-order valence-electron chi connectivity index (χ4n) is 0.959. The van der Waals surface area contributed by atoms with E-state index < -0.39 is 5.97 Å². The van der Waals surface area contributed by atoms with E-state index in [1.165, 1.54) is 17.1 Å². The Hall–Kier alpha value is -1.89. The maximum atomic E-state index is 11.1. The summed E-state index contributed by atoms with van der Waals surface area (Å²) in [6.07, 6.45) is 2.43. The highest BCUT2D eigenvalue weighted by atomic mass is 16.4. The van der Waals surface area contributed by atoms with Crippen molar-refractivity contribution in [3.8, 4) is 0 Å². The molecule has 15 heavy (non-hydrogen) atoms. The second-order valence-electron chi connectivity index (χ2n) is 2.81. The van der Waals surface area contributed by atoms with E-state index >= 15 is 0 Å². The van der Waals surface area contributed by atoms with Gasteiger partial charge in [0, 0.05) is 12.7 Å². The molecular formula is C8H11N3O4. The number of carbonyl (C=O) groups is 2. The lowest BCUT2D eigenvalue weighted by atomic mass is 10.4. The number of carboxylic acid groups (broad SMARTS) is 1. The monoisotopic (exact) mass is 213 g/mol. The van der Waals surface area contributed by atoms with Crippen molar-refractivity contribution in [3.63, 3.8) is 0 Å². The normalized spacial score (nSPS) is 9.93. The van der Waals surface area contributed by atoms with Crippen LogP contribution in [0.1, 0.15) is 10.4 Å². The fraction of sp³-hybridized carbons (Fsp3) is 0.375. The smallest absolute Gasteiger partial charge is 0.338 e. The van der Waals surface area contributed by atoms with Crippen molar-refractivity contribution >= 4 is 11.9 Å². The Kier molecular flexibility index (Phi) is 3.81. The first-order valence-electron chi connectivity index (χ1n) is 4.27. The van der Waals surface area contributed by atoms with E-state index in [2.05, 4.69) is 10.4 Å². The average molecular weight is 213 g/mol. The quantitative estimate of drug-likeness (QED) is 0.563. The number of nitrogens with one attached hydrogen (secondary N) is 1. The molecule has 0 spiro atoms. The molecule has 0 saturated heterocycles. The summed E-state index contributed by atoms with van der Waals surface area (Å²) in [5.74, 6) is -1.42. The van der Waals surface area contributed by atoms with Crippen LogP contribution in [0, 0.1) is 0 Å². The van der Waals surface area contributed by atoms with Crippen LogP contribution in [-0.2, 0) is 11.3 Å². The van der Waals surface area contributed by atoms with Crippen LogP contribution in [0.3, 0.4) is 0 Å². The molecule has 0 fully saturated rings. The van der Waals surface area contributed by atoms with Crippen LogP contribution in [0.5, 0.6) is 0 Å². The largest absolute Gasteiger partial charge is 0.478 e. The minimum atomic E-state index is -1.09. The van der Waals surface area contributed by atoms with Crippen LogP contribution < -0.4 is 5.32 Å². The lowest BCUT2D eigenvalue weighted by Gasteiger charge is -2.02. The maximum Gasteiger partial charge on any atom is 0.338 e. The van der Waals surface area contributed by atoms with Crippen molar-refractivity contribution in [3.05, 3.63) is 18.0 Å². The first-order chi connectivity index (χ1) is 7.13. The lowest BCUT2D eigenvalue weighted by Crippen LogP contribution is -2.30. The molecular weight excluding hydrogens is 202 g/mol. The highest BCUT2D eigenvalue weighted by Gasteiger charge is 2.08. The third-order valence-electron chi connectivity index (χ3n) is 1.62. The summed E-state index contributed by atoms with van der Waals surface area (Å²) >= 11 is 0. The van der Waals surface area contributed by atoms with Gasteiger partial charge in [-0.3, -0.25) is 9.48 Å². The second kappa shape index (κ2) is 5.11. The molecule has 0 radical (unpaired) electrons. The zero-order valence-electron chi connectivity index (χ0n) is 7.88. The molecule has 1 aromatic rings. The minimum absolute atomic E-state index is 0.0324. The maximum absolute atomic E-state index is 11.1. The highest BCUT2D eigenvalue weighted by Crippen LogP contribution is 1.96. The van der Waals surface area contributed by atoms with Gasteiger partial charge in [-0.25, -0.2) is 4.79 Å². The number of hydrogen-bond acceptors (Lipinski definition) is 4. The lowest BCUT2D eigenvalue weighted by molar-refractivity contribution is -0.122. The predicted molar refractivity (Wildman–Crippen MR) is 49.3 cm³/mol. The van der Waals surface area contributed by atoms with Gasteiger partial charge in [-0.15, -0.1) is 0 Å². The molecule has 0 aromatic carbocycles. The number of aromatic nitrogens is 2. The van der Waals surface area contributed by atoms with Gasteiger partial charge < -0.3 is 15.5 Å². The molecule has 3 N–H and O–H groups in total. The number of amides is 1. The Morgan fingerprint density at radius 3 is 2.80 bits per heavy atom. The third-order valence-corrected chi connectivity index (χ3v) is 1.62. The molecule has 82 valence electrons.